The van der Waals surface area contributed by atoms with Crippen LogP contribution in [0.15, 0.2) is 59.5 Å². The largest absolute Gasteiger partial charge is 0.364 e. The van der Waals surface area contributed by atoms with Gasteiger partial charge in [-0.3, -0.25) is 4.79 Å². The number of para-hydroxylation sites is 1. The van der Waals surface area contributed by atoms with Crippen LogP contribution in [0.5, 0.6) is 0 Å². The Bertz CT molecular complexity index is 806. The number of amides is 1. The second kappa shape index (κ2) is 5.43. The molecule has 2 aromatic carbocycles. The first-order valence-electron chi connectivity index (χ1n) is 6.76. The predicted octanol–water partition coefficient (Wildman–Crippen LogP) is 1.79. The summed E-state index contributed by atoms with van der Waals surface area (Å²) in [5.74, 6) is -0.388. The van der Waals surface area contributed by atoms with Crippen LogP contribution >= 0.6 is 0 Å². The first-order chi connectivity index (χ1) is 10.5. The maximum atomic E-state index is 12.5. The summed E-state index contributed by atoms with van der Waals surface area (Å²) in [5.41, 5.74) is 1.12. The Labute approximate surface area is 128 Å². The average molecular weight is 317 g/mol. The van der Waals surface area contributed by atoms with Gasteiger partial charge in [-0.05, 0) is 31.2 Å². The second-order valence-electron chi connectivity index (χ2n) is 4.95. The number of fused-ring (bicyclic) bond motifs is 1. The van der Waals surface area contributed by atoms with Crippen molar-refractivity contribution in [2.24, 2.45) is 0 Å². The molecule has 0 saturated carbocycles. The third kappa shape index (κ3) is 2.56. The van der Waals surface area contributed by atoms with Gasteiger partial charge in [0.25, 0.3) is 15.9 Å². The number of hydrogen-bond donors (Lipinski definition) is 2. The van der Waals surface area contributed by atoms with E-state index in [0.29, 0.717) is 11.3 Å². The smallest absolute Gasteiger partial charge is 0.272 e. The van der Waals surface area contributed by atoms with Crippen LogP contribution in [0.25, 0.3) is 0 Å². The van der Waals surface area contributed by atoms with Crippen LogP contribution in [0.3, 0.4) is 0 Å². The standard InChI is InChI=1S/C15H15N3O3S/c1-11-16-14-10-6-5-9-13(14)15(19)18(11)17-22(20,21)12-7-3-2-4-8-12/h2-11,16-17H,1H3/t11-/m0/s1. The Morgan fingerprint density at radius 2 is 1.68 bits per heavy atom. The molecule has 2 aromatic rings. The molecule has 6 nitrogen and oxygen atoms in total. The van der Waals surface area contributed by atoms with Crippen molar-refractivity contribution in [1.29, 1.82) is 0 Å². The third-order valence-electron chi connectivity index (χ3n) is 3.40. The topological polar surface area (TPSA) is 78.5 Å². The molecule has 0 aliphatic carbocycles. The molecule has 1 amide bonds. The van der Waals surface area contributed by atoms with E-state index >= 15 is 0 Å². The number of sulfonamides is 1. The summed E-state index contributed by atoms with van der Waals surface area (Å²) in [4.78, 5) is 14.9. The van der Waals surface area contributed by atoms with Crippen molar-refractivity contribution in [1.82, 2.24) is 9.84 Å². The fraction of sp³-hybridized carbons (Fsp3) is 0.133. The number of carbonyl (C=O) groups excluding carboxylic acids is 1. The zero-order chi connectivity index (χ0) is 15.7. The number of nitrogens with zero attached hydrogens (tertiary/aromatic N) is 1. The number of carbonyl (C=O) groups is 1. The Balaban J connectivity index is 1.92. The van der Waals surface area contributed by atoms with Gasteiger partial charge in [-0.25, -0.2) is 13.4 Å². The van der Waals surface area contributed by atoms with E-state index in [2.05, 4.69) is 10.1 Å². The zero-order valence-corrected chi connectivity index (χ0v) is 12.7. The minimum absolute atomic E-state index is 0.105. The van der Waals surface area contributed by atoms with E-state index in [1.54, 1.807) is 43.3 Å². The Kier molecular flexibility index (Phi) is 3.59. The predicted molar refractivity (Wildman–Crippen MR) is 82.5 cm³/mol. The summed E-state index contributed by atoms with van der Waals surface area (Å²) >= 11 is 0. The molecule has 22 heavy (non-hydrogen) atoms. The molecule has 0 radical (unpaired) electrons. The molecule has 0 bridgehead atoms. The van der Waals surface area contributed by atoms with Crippen molar-refractivity contribution in [2.75, 3.05) is 5.32 Å². The lowest BCUT2D eigenvalue weighted by Crippen LogP contribution is -2.55. The highest BCUT2D eigenvalue weighted by Gasteiger charge is 2.32. The van der Waals surface area contributed by atoms with E-state index in [0.717, 1.165) is 5.01 Å². The molecule has 7 heteroatoms. The van der Waals surface area contributed by atoms with Crippen LogP contribution in [0.2, 0.25) is 0 Å². The van der Waals surface area contributed by atoms with E-state index in [4.69, 9.17) is 0 Å². The van der Waals surface area contributed by atoms with Gasteiger partial charge >= 0.3 is 0 Å². The average Bonchev–Trinajstić information content (AvgIpc) is 2.52. The second-order valence-corrected chi connectivity index (χ2v) is 6.61. The van der Waals surface area contributed by atoms with Gasteiger partial charge in [-0.15, -0.1) is 4.83 Å². The van der Waals surface area contributed by atoms with E-state index in [9.17, 15) is 13.2 Å². The molecule has 1 aliphatic heterocycles. The van der Waals surface area contributed by atoms with Gasteiger partial charge in [-0.2, -0.15) is 0 Å². The van der Waals surface area contributed by atoms with Crippen LogP contribution in [0.4, 0.5) is 5.69 Å². The van der Waals surface area contributed by atoms with Crippen LogP contribution in [-0.2, 0) is 10.0 Å². The molecule has 0 aromatic heterocycles. The number of hydrazine groups is 1. The molecule has 114 valence electrons. The number of nitrogens with one attached hydrogen (secondary N) is 2. The van der Waals surface area contributed by atoms with Gasteiger partial charge in [0.05, 0.1) is 10.5 Å². The summed E-state index contributed by atoms with van der Waals surface area (Å²) in [7, 11) is -3.81. The van der Waals surface area contributed by atoms with Crippen molar-refractivity contribution < 1.29 is 13.2 Å². The molecule has 2 N–H and O–H groups in total. The monoisotopic (exact) mass is 317 g/mol. The van der Waals surface area contributed by atoms with Crippen LogP contribution in [-0.4, -0.2) is 25.5 Å². The minimum Gasteiger partial charge on any atom is -0.364 e. The van der Waals surface area contributed by atoms with Gasteiger partial charge < -0.3 is 5.32 Å². The molecule has 0 spiro atoms. The Morgan fingerprint density at radius 1 is 1.05 bits per heavy atom. The number of rotatable bonds is 3. The van der Waals surface area contributed by atoms with Crippen LogP contribution < -0.4 is 10.1 Å². The minimum atomic E-state index is -3.81. The fourth-order valence-corrected chi connectivity index (χ4v) is 3.41. The molecule has 0 unspecified atom stereocenters. The lowest BCUT2D eigenvalue weighted by molar-refractivity contribution is 0.0651. The van der Waals surface area contributed by atoms with Crippen molar-refractivity contribution >= 4 is 21.6 Å². The number of hydrogen-bond acceptors (Lipinski definition) is 4. The van der Waals surface area contributed by atoms with Crippen LogP contribution in [0.1, 0.15) is 17.3 Å². The van der Waals surface area contributed by atoms with Gasteiger partial charge in [0, 0.05) is 5.69 Å². The molecule has 0 saturated heterocycles. The molecule has 3 rings (SSSR count). The quantitative estimate of drug-likeness (QED) is 0.905. The SMILES string of the molecule is C[C@H]1Nc2ccccc2C(=O)N1NS(=O)(=O)c1ccccc1. The summed E-state index contributed by atoms with van der Waals surface area (Å²) in [5, 5.41) is 4.18. The van der Waals surface area contributed by atoms with Crippen LogP contribution in [0, 0.1) is 0 Å². The van der Waals surface area contributed by atoms with Crippen molar-refractivity contribution in [3.05, 3.63) is 60.2 Å². The summed E-state index contributed by atoms with van der Waals surface area (Å²) in [6.45, 7) is 1.71. The first-order valence-corrected chi connectivity index (χ1v) is 8.24. The Morgan fingerprint density at radius 3 is 2.41 bits per heavy atom. The summed E-state index contributed by atoms with van der Waals surface area (Å²) in [6.07, 6.45) is -0.499. The maximum Gasteiger partial charge on any atom is 0.272 e. The number of benzene rings is 2. The van der Waals surface area contributed by atoms with Gasteiger partial charge in [0.15, 0.2) is 0 Å². The molecule has 0 fully saturated rings. The summed E-state index contributed by atoms with van der Waals surface area (Å²) < 4.78 is 24.7. The van der Waals surface area contributed by atoms with Crippen molar-refractivity contribution in [3.8, 4) is 0 Å². The Hall–Kier alpha value is -2.38. The molecular formula is C15H15N3O3S. The van der Waals surface area contributed by atoms with Gasteiger partial charge in [0.2, 0.25) is 0 Å². The number of anilines is 1. The van der Waals surface area contributed by atoms with E-state index < -0.39 is 16.2 Å². The summed E-state index contributed by atoms with van der Waals surface area (Å²) in [6, 6.07) is 14.9. The molecule has 1 heterocycles. The third-order valence-corrected chi connectivity index (χ3v) is 4.73. The van der Waals surface area contributed by atoms with Crippen molar-refractivity contribution in [2.45, 2.75) is 18.0 Å². The highest BCUT2D eigenvalue weighted by molar-refractivity contribution is 7.89. The normalized spacial score (nSPS) is 17.8. The van der Waals surface area contributed by atoms with E-state index in [1.807, 2.05) is 6.07 Å². The maximum absolute atomic E-state index is 12.5. The van der Waals surface area contributed by atoms with Crippen molar-refractivity contribution in [3.63, 3.8) is 0 Å². The zero-order valence-electron chi connectivity index (χ0n) is 11.9. The fourth-order valence-electron chi connectivity index (χ4n) is 2.29. The lowest BCUT2D eigenvalue weighted by Gasteiger charge is -2.35. The van der Waals surface area contributed by atoms with E-state index in [-0.39, 0.29) is 10.8 Å². The van der Waals surface area contributed by atoms with Gasteiger partial charge in [0.1, 0.15) is 6.17 Å². The highest BCUT2D eigenvalue weighted by Crippen LogP contribution is 2.24. The molecular weight excluding hydrogens is 302 g/mol. The molecule has 1 aliphatic rings. The first kappa shape index (κ1) is 14.6. The highest BCUT2D eigenvalue weighted by atomic mass is 32.2. The lowest BCUT2D eigenvalue weighted by atomic mass is 10.1. The molecule has 1 atom stereocenters. The van der Waals surface area contributed by atoms with E-state index in [1.165, 1.54) is 12.1 Å². The van der Waals surface area contributed by atoms with Gasteiger partial charge in [-0.1, -0.05) is 30.3 Å².